The van der Waals surface area contributed by atoms with Gasteiger partial charge in [-0.05, 0) is 75.6 Å². The smallest absolute Gasteiger partial charge is 0.416 e. The van der Waals surface area contributed by atoms with E-state index in [1.807, 2.05) is 12.1 Å². The Hall–Kier alpha value is -3.37. The number of rotatable bonds is 8. The second kappa shape index (κ2) is 11.9. The largest absolute Gasteiger partial charge is 0.488 e. The van der Waals surface area contributed by atoms with Crippen LogP contribution in [0.2, 0.25) is 5.02 Å². The highest BCUT2D eigenvalue weighted by molar-refractivity contribution is 9.10. The molecule has 182 valence electrons. The van der Waals surface area contributed by atoms with E-state index < -0.39 is 30.0 Å². The summed E-state index contributed by atoms with van der Waals surface area (Å²) in [7, 11) is 0. The van der Waals surface area contributed by atoms with Gasteiger partial charge in [0.25, 0.3) is 0 Å². The van der Waals surface area contributed by atoms with Gasteiger partial charge in [-0.2, -0.15) is 18.3 Å². The van der Waals surface area contributed by atoms with E-state index in [0.717, 1.165) is 23.8 Å². The van der Waals surface area contributed by atoms with Crippen molar-refractivity contribution in [1.29, 1.82) is 0 Å². The number of nitrogens with zero attached hydrogens (tertiary/aromatic N) is 1. The molecule has 0 aliphatic carbocycles. The summed E-state index contributed by atoms with van der Waals surface area (Å²) in [6.45, 7) is 0.349. The van der Waals surface area contributed by atoms with Crippen molar-refractivity contribution < 1.29 is 27.5 Å². The summed E-state index contributed by atoms with van der Waals surface area (Å²) < 4.78 is 44.7. The number of hydrogen-bond donors (Lipinski definition) is 2. The van der Waals surface area contributed by atoms with Gasteiger partial charge in [0, 0.05) is 10.7 Å². The first kappa shape index (κ1) is 26.2. The van der Waals surface area contributed by atoms with Crippen LogP contribution in [-0.4, -0.2) is 18.0 Å². The van der Waals surface area contributed by atoms with Crippen LogP contribution in [0.5, 0.6) is 5.75 Å². The van der Waals surface area contributed by atoms with Crippen molar-refractivity contribution in [2.75, 3.05) is 5.32 Å². The van der Waals surface area contributed by atoms with Crippen LogP contribution in [0.15, 0.2) is 76.3 Å². The summed E-state index contributed by atoms with van der Waals surface area (Å²) in [4.78, 5) is 23.9. The molecule has 0 aliphatic rings. The number of ether oxygens (including phenoxy) is 1. The van der Waals surface area contributed by atoms with Gasteiger partial charge >= 0.3 is 6.18 Å². The SMILES string of the molecule is O=C(CC(=O)Nc1cccc(C(F)(F)F)c1)NN=Cc1ccc(OCc2ccc(Cl)cc2)c(Br)c1. The molecule has 11 heteroatoms. The molecule has 2 amide bonds. The molecule has 0 aromatic heterocycles. The third-order valence-electron chi connectivity index (χ3n) is 4.46. The number of hydrazone groups is 1. The van der Waals surface area contributed by atoms with E-state index in [1.54, 1.807) is 30.3 Å². The molecule has 0 radical (unpaired) electrons. The minimum atomic E-state index is -4.54. The molecule has 0 saturated heterocycles. The Morgan fingerprint density at radius 3 is 2.46 bits per heavy atom. The third kappa shape index (κ3) is 8.41. The predicted molar refractivity (Wildman–Crippen MR) is 130 cm³/mol. The van der Waals surface area contributed by atoms with Crippen LogP contribution >= 0.6 is 27.5 Å². The highest BCUT2D eigenvalue weighted by atomic mass is 79.9. The third-order valence-corrected chi connectivity index (χ3v) is 5.33. The van der Waals surface area contributed by atoms with Crippen LogP contribution < -0.4 is 15.5 Å². The fourth-order valence-electron chi connectivity index (χ4n) is 2.80. The molecule has 2 N–H and O–H groups in total. The molecule has 3 aromatic carbocycles. The summed E-state index contributed by atoms with van der Waals surface area (Å²) in [5, 5.41) is 6.69. The van der Waals surface area contributed by atoms with Crippen LogP contribution in [0.3, 0.4) is 0 Å². The molecule has 0 spiro atoms. The maximum atomic E-state index is 12.8. The van der Waals surface area contributed by atoms with Crippen LogP contribution in [0.25, 0.3) is 0 Å². The van der Waals surface area contributed by atoms with Crippen molar-refractivity contribution in [3.05, 3.63) is 92.9 Å². The van der Waals surface area contributed by atoms with E-state index in [9.17, 15) is 22.8 Å². The van der Waals surface area contributed by atoms with Crippen molar-refractivity contribution in [2.45, 2.75) is 19.2 Å². The lowest BCUT2D eigenvalue weighted by molar-refractivity contribution is -0.137. The predicted octanol–water partition coefficient (Wildman–Crippen LogP) is 6.18. The van der Waals surface area contributed by atoms with Gasteiger partial charge in [-0.15, -0.1) is 0 Å². The molecule has 6 nitrogen and oxygen atoms in total. The highest BCUT2D eigenvalue weighted by Gasteiger charge is 2.30. The number of carbonyl (C=O) groups is 2. The number of hydrogen-bond acceptors (Lipinski definition) is 4. The topological polar surface area (TPSA) is 79.8 Å². The Kier molecular flexibility index (Phi) is 8.89. The highest BCUT2D eigenvalue weighted by Crippen LogP contribution is 2.30. The summed E-state index contributed by atoms with van der Waals surface area (Å²) in [6.07, 6.45) is -3.78. The summed E-state index contributed by atoms with van der Waals surface area (Å²) in [5.74, 6) is -0.901. The van der Waals surface area contributed by atoms with Gasteiger partial charge in [-0.25, -0.2) is 5.43 Å². The molecule has 0 aliphatic heterocycles. The van der Waals surface area contributed by atoms with E-state index in [-0.39, 0.29) is 5.69 Å². The molecule has 3 aromatic rings. The van der Waals surface area contributed by atoms with Crippen LogP contribution in [0.1, 0.15) is 23.1 Å². The number of nitrogens with one attached hydrogen (secondary N) is 2. The molecule has 0 heterocycles. The summed E-state index contributed by atoms with van der Waals surface area (Å²) in [5.41, 5.74) is 2.82. The maximum absolute atomic E-state index is 12.8. The van der Waals surface area contributed by atoms with Crippen molar-refractivity contribution in [3.63, 3.8) is 0 Å². The van der Waals surface area contributed by atoms with E-state index in [0.29, 0.717) is 27.4 Å². The molecule has 3 rings (SSSR count). The zero-order chi connectivity index (χ0) is 25.4. The molecule has 0 fully saturated rings. The van der Waals surface area contributed by atoms with Crippen molar-refractivity contribution in [1.82, 2.24) is 5.43 Å². The second-order valence-corrected chi connectivity index (χ2v) is 8.49. The number of benzene rings is 3. The zero-order valence-corrected chi connectivity index (χ0v) is 20.2. The Morgan fingerprint density at radius 2 is 1.77 bits per heavy atom. The molecule has 35 heavy (non-hydrogen) atoms. The normalized spacial score (nSPS) is 11.3. The van der Waals surface area contributed by atoms with Crippen LogP contribution in [0, 0.1) is 0 Å². The van der Waals surface area contributed by atoms with Gasteiger partial charge in [0.2, 0.25) is 11.8 Å². The van der Waals surface area contributed by atoms with Crippen molar-refractivity contribution in [3.8, 4) is 5.75 Å². The molecular weight excluding hydrogens is 551 g/mol. The standard InChI is InChI=1S/C24H18BrClF3N3O3/c25-20-10-16(6-9-21(20)35-14-15-4-7-18(26)8-5-15)13-30-32-23(34)12-22(33)31-19-3-1-2-17(11-19)24(27,28)29/h1-11,13H,12,14H2,(H,31,33)(H,32,34). The average Bonchev–Trinajstić information content (AvgIpc) is 2.79. The first-order chi connectivity index (χ1) is 16.6. The quantitative estimate of drug-likeness (QED) is 0.194. The molecule has 0 saturated carbocycles. The van der Waals surface area contributed by atoms with Crippen LogP contribution in [-0.2, 0) is 22.4 Å². The summed E-state index contributed by atoms with van der Waals surface area (Å²) in [6, 6.07) is 16.6. The Balaban J connectivity index is 1.48. The van der Waals surface area contributed by atoms with E-state index in [2.05, 4.69) is 31.8 Å². The monoisotopic (exact) mass is 567 g/mol. The lowest BCUT2D eigenvalue weighted by Crippen LogP contribution is -2.24. The number of anilines is 1. The second-order valence-electron chi connectivity index (χ2n) is 7.20. The van der Waals surface area contributed by atoms with E-state index >= 15 is 0 Å². The fourth-order valence-corrected chi connectivity index (χ4v) is 3.44. The first-order valence-electron chi connectivity index (χ1n) is 10.1. The molecule has 0 unspecified atom stereocenters. The van der Waals surface area contributed by atoms with Crippen molar-refractivity contribution >= 4 is 51.2 Å². The van der Waals surface area contributed by atoms with Crippen molar-refractivity contribution in [2.24, 2.45) is 5.10 Å². The number of alkyl halides is 3. The van der Waals surface area contributed by atoms with E-state index in [4.69, 9.17) is 16.3 Å². The Bertz CT molecular complexity index is 1230. The van der Waals surface area contributed by atoms with Gasteiger partial charge in [-0.3, -0.25) is 9.59 Å². The minimum Gasteiger partial charge on any atom is -0.488 e. The number of amides is 2. The van der Waals surface area contributed by atoms with E-state index in [1.165, 1.54) is 12.3 Å². The Labute approximate surface area is 212 Å². The van der Waals surface area contributed by atoms with Gasteiger partial charge in [-0.1, -0.05) is 29.8 Å². The molecular formula is C24H18BrClF3N3O3. The lowest BCUT2D eigenvalue weighted by Gasteiger charge is -2.09. The fraction of sp³-hybridized carbons (Fsp3) is 0.125. The minimum absolute atomic E-state index is 0.0654. The molecule has 0 atom stereocenters. The van der Waals surface area contributed by atoms with Gasteiger partial charge < -0.3 is 10.1 Å². The van der Waals surface area contributed by atoms with Gasteiger partial charge in [0.1, 0.15) is 18.8 Å². The Morgan fingerprint density at radius 1 is 1.03 bits per heavy atom. The first-order valence-corrected chi connectivity index (χ1v) is 11.2. The maximum Gasteiger partial charge on any atom is 0.416 e. The lowest BCUT2D eigenvalue weighted by atomic mass is 10.2. The zero-order valence-electron chi connectivity index (χ0n) is 17.9. The van der Waals surface area contributed by atoms with Gasteiger partial charge in [0.05, 0.1) is 16.3 Å². The number of halogens is 5. The number of carbonyl (C=O) groups excluding carboxylic acids is 2. The van der Waals surface area contributed by atoms with Crippen LogP contribution in [0.4, 0.5) is 18.9 Å². The molecule has 0 bridgehead atoms. The average molecular weight is 569 g/mol. The van der Waals surface area contributed by atoms with Gasteiger partial charge in [0.15, 0.2) is 0 Å². The summed E-state index contributed by atoms with van der Waals surface area (Å²) >= 11 is 9.28.